The minimum atomic E-state index is -1.53. The molecule has 0 spiro atoms. The van der Waals surface area contributed by atoms with Crippen molar-refractivity contribution in [2.24, 2.45) is 27.9 Å². The predicted octanol–water partition coefficient (Wildman–Crippen LogP) is -3.95. The second-order valence-electron chi connectivity index (χ2n) is 7.24. The third-order valence-electron chi connectivity index (χ3n) is 4.37. The van der Waals surface area contributed by atoms with Crippen LogP contribution < -0.4 is 38.9 Å². The number of rotatable bonds is 16. The van der Waals surface area contributed by atoms with Gasteiger partial charge in [-0.1, -0.05) is 6.42 Å². The summed E-state index contributed by atoms with van der Waals surface area (Å²) in [6, 6.07) is -3.38. The number of carboxylic acids is 1. The Labute approximate surface area is 186 Å². The van der Waals surface area contributed by atoms with E-state index in [9.17, 15) is 24.3 Å². The zero-order chi connectivity index (χ0) is 24.7. The van der Waals surface area contributed by atoms with Crippen molar-refractivity contribution < 1.29 is 29.4 Å². The maximum absolute atomic E-state index is 12.5. The molecule has 0 aliphatic carbocycles. The van der Waals surface area contributed by atoms with Crippen molar-refractivity contribution >= 4 is 29.7 Å². The molecule has 32 heavy (non-hydrogen) atoms. The minimum Gasteiger partial charge on any atom is -0.480 e. The van der Waals surface area contributed by atoms with Crippen LogP contribution >= 0.6 is 0 Å². The Hall–Kier alpha value is -2.97. The maximum Gasteiger partial charge on any atom is 0.328 e. The Balaban J connectivity index is 4.94. The molecule has 4 atom stereocenters. The van der Waals surface area contributed by atoms with Crippen molar-refractivity contribution in [2.45, 2.75) is 63.3 Å². The van der Waals surface area contributed by atoms with Gasteiger partial charge in [-0.2, -0.15) is 0 Å². The lowest BCUT2D eigenvalue weighted by Gasteiger charge is -2.21. The summed E-state index contributed by atoms with van der Waals surface area (Å²) in [5, 5.41) is 25.4. The van der Waals surface area contributed by atoms with Crippen LogP contribution in [0.1, 0.15) is 39.0 Å². The number of carbonyl (C=O) groups excluding carboxylic acids is 3. The number of aliphatic carboxylic acids is 1. The van der Waals surface area contributed by atoms with Crippen LogP contribution in [0.15, 0.2) is 4.99 Å². The Morgan fingerprint density at radius 2 is 1.66 bits per heavy atom. The van der Waals surface area contributed by atoms with Crippen LogP contribution in [0.3, 0.4) is 0 Å². The van der Waals surface area contributed by atoms with Gasteiger partial charge in [-0.15, -0.1) is 0 Å². The predicted molar refractivity (Wildman–Crippen MR) is 117 cm³/mol. The third-order valence-corrected chi connectivity index (χ3v) is 4.37. The van der Waals surface area contributed by atoms with Crippen molar-refractivity contribution in [3.05, 3.63) is 0 Å². The molecule has 0 saturated carbocycles. The second kappa shape index (κ2) is 15.8. The van der Waals surface area contributed by atoms with E-state index >= 15 is 0 Å². The molecule has 14 nitrogen and oxygen atoms in total. The van der Waals surface area contributed by atoms with Gasteiger partial charge in [0.15, 0.2) is 12.0 Å². The standard InChI is InChI=1S/C18H36N8O6/c1-10(27)14(17(31)32)26-13(28)9-24-16(30)12(6-4-8-23-18(21)22)25-15(29)11(20)5-2-3-7-19/h10-12,14,27H,2-9,19-20H2,1H3,(H,24,30)(H,25,29)(H,26,28)(H,31,32)(H4,21,22,23). The molecular formula is C18H36N8O6. The molecule has 0 aromatic rings. The fourth-order valence-corrected chi connectivity index (χ4v) is 2.59. The molecule has 0 aliphatic heterocycles. The number of aliphatic hydroxyl groups is 1. The van der Waals surface area contributed by atoms with E-state index in [2.05, 4.69) is 20.9 Å². The number of guanidine groups is 1. The van der Waals surface area contributed by atoms with E-state index in [1.165, 1.54) is 6.92 Å². The minimum absolute atomic E-state index is 0.111. The molecular weight excluding hydrogens is 424 g/mol. The fourth-order valence-electron chi connectivity index (χ4n) is 2.59. The number of carbonyl (C=O) groups is 4. The molecule has 3 amide bonds. The van der Waals surface area contributed by atoms with E-state index in [0.29, 0.717) is 32.2 Å². The molecule has 0 rings (SSSR count). The lowest BCUT2D eigenvalue weighted by Crippen LogP contribution is -2.54. The van der Waals surface area contributed by atoms with Gasteiger partial charge < -0.3 is 49.1 Å². The Morgan fingerprint density at radius 3 is 2.19 bits per heavy atom. The molecule has 184 valence electrons. The van der Waals surface area contributed by atoms with Crippen molar-refractivity contribution in [2.75, 3.05) is 19.6 Å². The molecule has 0 aromatic heterocycles. The first-order valence-electron chi connectivity index (χ1n) is 10.3. The van der Waals surface area contributed by atoms with Crippen LogP contribution in [-0.2, 0) is 19.2 Å². The average Bonchev–Trinajstić information content (AvgIpc) is 2.71. The summed E-state index contributed by atoms with van der Waals surface area (Å²) in [7, 11) is 0. The average molecular weight is 461 g/mol. The molecule has 4 unspecified atom stereocenters. The summed E-state index contributed by atoms with van der Waals surface area (Å²) in [6.07, 6.45) is 0.938. The summed E-state index contributed by atoms with van der Waals surface area (Å²) >= 11 is 0. The Bertz CT molecular complexity index is 653. The summed E-state index contributed by atoms with van der Waals surface area (Å²) in [5.74, 6) is -3.56. The summed E-state index contributed by atoms with van der Waals surface area (Å²) < 4.78 is 0. The number of aliphatic imine (C=N–C) groups is 1. The van der Waals surface area contributed by atoms with Crippen LogP contribution in [0.2, 0.25) is 0 Å². The highest BCUT2D eigenvalue weighted by molar-refractivity contribution is 5.92. The van der Waals surface area contributed by atoms with Crippen LogP contribution in [0.5, 0.6) is 0 Å². The van der Waals surface area contributed by atoms with Gasteiger partial charge >= 0.3 is 5.97 Å². The van der Waals surface area contributed by atoms with E-state index in [1.807, 2.05) is 0 Å². The van der Waals surface area contributed by atoms with Gasteiger partial charge in [0, 0.05) is 6.54 Å². The lowest BCUT2D eigenvalue weighted by atomic mass is 10.1. The first-order valence-corrected chi connectivity index (χ1v) is 10.3. The third kappa shape index (κ3) is 12.7. The topological polar surface area (TPSA) is 261 Å². The molecule has 0 heterocycles. The van der Waals surface area contributed by atoms with Crippen LogP contribution in [0.4, 0.5) is 0 Å². The van der Waals surface area contributed by atoms with Gasteiger partial charge in [0.1, 0.15) is 6.04 Å². The van der Waals surface area contributed by atoms with Crippen LogP contribution in [0, 0.1) is 0 Å². The Kier molecular flexibility index (Phi) is 14.3. The SMILES string of the molecule is CC(O)C(NC(=O)CNC(=O)C(CCCN=C(N)N)NC(=O)C(N)CCCCN)C(=O)O. The molecule has 13 N–H and O–H groups in total. The first-order chi connectivity index (χ1) is 15.0. The number of hydrogen-bond acceptors (Lipinski definition) is 8. The largest absolute Gasteiger partial charge is 0.480 e. The number of carboxylic acid groups (broad SMARTS) is 1. The molecule has 0 aromatic carbocycles. The number of aliphatic hydroxyl groups excluding tert-OH is 1. The molecule has 0 radical (unpaired) electrons. The summed E-state index contributed by atoms with van der Waals surface area (Å²) in [5.41, 5.74) is 21.8. The van der Waals surface area contributed by atoms with Crippen LogP contribution in [0.25, 0.3) is 0 Å². The van der Waals surface area contributed by atoms with Gasteiger partial charge in [0.25, 0.3) is 0 Å². The molecule has 14 heteroatoms. The van der Waals surface area contributed by atoms with E-state index in [1.54, 1.807) is 0 Å². The van der Waals surface area contributed by atoms with E-state index < -0.39 is 54.5 Å². The Morgan fingerprint density at radius 1 is 1.00 bits per heavy atom. The summed E-state index contributed by atoms with van der Waals surface area (Å²) in [6.45, 7) is 1.35. The number of nitrogens with two attached hydrogens (primary N) is 4. The highest BCUT2D eigenvalue weighted by atomic mass is 16.4. The number of unbranched alkanes of at least 4 members (excludes halogenated alkanes) is 1. The molecule has 0 saturated heterocycles. The normalized spacial score (nSPS) is 14.4. The quantitative estimate of drug-likeness (QED) is 0.0612. The molecule has 0 bridgehead atoms. The molecule has 0 fully saturated rings. The molecule has 0 aliphatic rings. The van der Waals surface area contributed by atoms with Crippen molar-refractivity contribution in [1.82, 2.24) is 16.0 Å². The van der Waals surface area contributed by atoms with Gasteiger partial charge in [0.05, 0.1) is 18.7 Å². The second-order valence-corrected chi connectivity index (χ2v) is 7.24. The van der Waals surface area contributed by atoms with Gasteiger partial charge in [0.2, 0.25) is 17.7 Å². The highest BCUT2D eigenvalue weighted by Crippen LogP contribution is 2.03. The van der Waals surface area contributed by atoms with Crippen molar-refractivity contribution in [3.8, 4) is 0 Å². The zero-order valence-corrected chi connectivity index (χ0v) is 18.3. The number of hydrogen-bond donors (Lipinski definition) is 9. The van der Waals surface area contributed by atoms with Crippen LogP contribution in [-0.4, -0.2) is 83.7 Å². The highest BCUT2D eigenvalue weighted by Gasteiger charge is 2.26. The zero-order valence-electron chi connectivity index (χ0n) is 18.3. The fraction of sp³-hybridized carbons (Fsp3) is 0.722. The number of nitrogens with zero attached hydrogens (tertiary/aromatic N) is 1. The van der Waals surface area contributed by atoms with Gasteiger partial charge in [-0.05, 0) is 39.2 Å². The van der Waals surface area contributed by atoms with E-state index in [4.69, 9.17) is 28.0 Å². The maximum atomic E-state index is 12.5. The van der Waals surface area contributed by atoms with Crippen molar-refractivity contribution in [1.29, 1.82) is 0 Å². The first kappa shape index (κ1) is 29.0. The number of nitrogens with one attached hydrogen (secondary N) is 3. The van der Waals surface area contributed by atoms with E-state index in [0.717, 1.165) is 0 Å². The van der Waals surface area contributed by atoms with Gasteiger partial charge in [-0.3, -0.25) is 19.4 Å². The van der Waals surface area contributed by atoms with E-state index in [-0.39, 0.29) is 18.9 Å². The summed E-state index contributed by atoms with van der Waals surface area (Å²) in [4.78, 5) is 51.7. The van der Waals surface area contributed by atoms with Crippen molar-refractivity contribution in [3.63, 3.8) is 0 Å². The lowest BCUT2D eigenvalue weighted by molar-refractivity contribution is -0.144. The number of amides is 3. The van der Waals surface area contributed by atoms with Gasteiger partial charge in [-0.25, -0.2) is 4.79 Å². The monoisotopic (exact) mass is 460 g/mol. The smallest absolute Gasteiger partial charge is 0.328 e.